The molecule has 16 heavy (non-hydrogen) atoms. The number of hydrogen-bond acceptors (Lipinski definition) is 3. The Hall–Kier alpha value is -0.610. The third kappa shape index (κ3) is 4.10. The number of carbonyl (C=O) groups excluding carboxylic acids is 1. The molecule has 0 aliphatic rings. The van der Waals surface area contributed by atoms with E-state index in [2.05, 4.69) is 5.32 Å². The molecular formula is C12H26N2O2. The van der Waals surface area contributed by atoms with Gasteiger partial charge in [-0.3, -0.25) is 4.79 Å². The predicted molar refractivity (Wildman–Crippen MR) is 66.0 cm³/mol. The average Bonchev–Trinajstić information content (AvgIpc) is 2.29. The molecule has 4 nitrogen and oxygen atoms in total. The first-order valence-corrected chi connectivity index (χ1v) is 6.18. The second kappa shape index (κ2) is 7.63. The summed E-state index contributed by atoms with van der Waals surface area (Å²) in [6, 6.07) is 0.101. The first-order chi connectivity index (χ1) is 7.56. The molecule has 1 amide bonds. The molecular weight excluding hydrogens is 204 g/mol. The minimum atomic E-state index is -0.423. The lowest BCUT2D eigenvalue weighted by molar-refractivity contribution is -0.131. The van der Waals surface area contributed by atoms with Gasteiger partial charge in [-0.25, -0.2) is 0 Å². The SMILES string of the molecule is CCC(CC)(CN)C(=O)NC(C)CCCO. The van der Waals surface area contributed by atoms with Gasteiger partial charge in [0.15, 0.2) is 0 Å². The first kappa shape index (κ1) is 15.4. The van der Waals surface area contributed by atoms with Crippen LogP contribution in [0.5, 0.6) is 0 Å². The standard InChI is InChI=1S/C12H26N2O2/c1-4-12(5-2,9-13)11(16)14-10(3)7-6-8-15/h10,15H,4-9,13H2,1-3H3,(H,14,16). The molecule has 0 rings (SSSR count). The van der Waals surface area contributed by atoms with Crippen LogP contribution in [0.25, 0.3) is 0 Å². The van der Waals surface area contributed by atoms with Crippen LogP contribution in [0, 0.1) is 5.41 Å². The summed E-state index contributed by atoms with van der Waals surface area (Å²) < 4.78 is 0. The van der Waals surface area contributed by atoms with Gasteiger partial charge in [-0.15, -0.1) is 0 Å². The zero-order valence-electron chi connectivity index (χ0n) is 10.8. The van der Waals surface area contributed by atoms with Gasteiger partial charge in [-0.1, -0.05) is 13.8 Å². The molecule has 4 heteroatoms. The van der Waals surface area contributed by atoms with Crippen LogP contribution >= 0.6 is 0 Å². The van der Waals surface area contributed by atoms with E-state index in [0.29, 0.717) is 6.54 Å². The Morgan fingerprint density at radius 3 is 2.38 bits per heavy atom. The van der Waals surface area contributed by atoms with Crippen molar-refractivity contribution >= 4 is 5.91 Å². The summed E-state index contributed by atoms with van der Waals surface area (Å²) in [5.74, 6) is 0.0467. The van der Waals surface area contributed by atoms with Crippen molar-refractivity contribution in [3.63, 3.8) is 0 Å². The lowest BCUT2D eigenvalue weighted by Gasteiger charge is -2.30. The molecule has 0 fully saturated rings. The van der Waals surface area contributed by atoms with Gasteiger partial charge in [0.05, 0.1) is 5.41 Å². The van der Waals surface area contributed by atoms with Crippen molar-refractivity contribution in [2.75, 3.05) is 13.2 Å². The Morgan fingerprint density at radius 2 is 2.00 bits per heavy atom. The van der Waals surface area contributed by atoms with Gasteiger partial charge < -0.3 is 16.2 Å². The number of nitrogens with one attached hydrogen (secondary N) is 1. The lowest BCUT2D eigenvalue weighted by Crippen LogP contribution is -2.48. The number of carbonyl (C=O) groups is 1. The van der Waals surface area contributed by atoms with Crippen molar-refractivity contribution in [2.24, 2.45) is 11.1 Å². The molecule has 0 aliphatic carbocycles. The van der Waals surface area contributed by atoms with Gasteiger partial charge in [0.2, 0.25) is 5.91 Å². The number of rotatable bonds is 8. The topological polar surface area (TPSA) is 75.4 Å². The number of nitrogens with two attached hydrogens (primary N) is 1. The molecule has 0 saturated heterocycles. The van der Waals surface area contributed by atoms with Gasteiger partial charge in [0, 0.05) is 19.2 Å². The van der Waals surface area contributed by atoms with Gasteiger partial charge in [0.25, 0.3) is 0 Å². The van der Waals surface area contributed by atoms with E-state index < -0.39 is 5.41 Å². The number of hydrogen-bond donors (Lipinski definition) is 3. The minimum Gasteiger partial charge on any atom is -0.396 e. The maximum Gasteiger partial charge on any atom is 0.227 e. The maximum atomic E-state index is 12.1. The van der Waals surface area contributed by atoms with Gasteiger partial charge in [0.1, 0.15) is 0 Å². The molecule has 0 aromatic heterocycles. The van der Waals surface area contributed by atoms with Crippen LogP contribution in [-0.2, 0) is 4.79 Å². The molecule has 4 N–H and O–H groups in total. The second-order valence-corrected chi connectivity index (χ2v) is 4.43. The van der Waals surface area contributed by atoms with Crippen LogP contribution in [0.2, 0.25) is 0 Å². The van der Waals surface area contributed by atoms with E-state index in [4.69, 9.17) is 10.8 Å². The van der Waals surface area contributed by atoms with E-state index in [1.165, 1.54) is 0 Å². The molecule has 0 aliphatic heterocycles. The molecule has 0 heterocycles. The molecule has 0 aromatic carbocycles. The summed E-state index contributed by atoms with van der Waals surface area (Å²) in [7, 11) is 0. The van der Waals surface area contributed by atoms with Gasteiger partial charge >= 0.3 is 0 Å². The lowest BCUT2D eigenvalue weighted by atomic mass is 9.81. The minimum absolute atomic E-state index is 0.0467. The molecule has 0 radical (unpaired) electrons. The molecule has 1 atom stereocenters. The fraction of sp³-hybridized carbons (Fsp3) is 0.917. The summed E-state index contributed by atoms with van der Waals surface area (Å²) in [4.78, 5) is 12.1. The summed E-state index contributed by atoms with van der Waals surface area (Å²) in [5, 5.41) is 11.7. The van der Waals surface area contributed by atoms with Crippen LogP contribution < -0.4 is 11.1 Å². The first-order valence-electron chi connectivity index (χ1n) is 6.18. The van der Waals surface area contributed by atoms with E-state index >= 15 is 0 Å². The van der Waals surface area contributed by atoms with E-state index in [-0.39, 0.29) is 18.6 Å². The smallest absolute Gasteiger partial charge is 0.227 e. The highest BCUT2D eigenvalue weighted by Gasteiger charge is 2.33. The van der Waals surface area contributed by atoms with Crippen LogP contribution in [0.3, 0.4) is 0 Å². The summed E-state index contributed by atoms with van der Waals surface area (Å²) in [6.07, 6.45) is 3.04. The number of aliphatic hydroxyl groups excluding tert-OH is 1. The molecule has 96 valence electrons. The fourth-order valence-electron chi connectivity index (χ4n) is 1.80. The third-order valence-electron chi connectivity index (χ3n) is 3.40. The highest BCUT2D eigenvalue weighted by atomic mass is 16.3. The highest BCUT2D eigenvalue weighted by Crippen LogP contribution is 2.25. The second-order valence-electron chi connectivity index (χ2n) is 4.43. The predicted octanol–water partition coefficient (Wildman–Crippen LogP) is 1.03. The highest BCUT2D eigenvalue weighted by molar-refractivity contribution is 5.83. The van der Waals surface area contributed by atoms with Crippen LogP contribution in [0.4, 0.5) is 0 Å². The van der Waals surface area contributed by atoms with E-state index in [9.17, 15) is 4.79 Å². The summed E-state index contributed by atoms with van der Waals surface area (Å²) in [5.41, 5.74) is 5.28. The van der Waals surface area contributed by atoms with Crippen molar-refractivity contribution in [1.82, 2.24) is 5.32 Å². The fourth-order valence-corrected chi connectivity index (χ4v) is 1.80. The van der Waals surface area contributed by atoms with Crippen molar-refractivity contribution < 1.29 is 9.90 Å². The average molecular weight is 230 g/mol. The van der Waals surface area contributed by atoms with Gasteiger partial charge in [-0.05, 0) is 32.6 Å². The number of aliphatic hydroxyl groups is 1. The Bertz CT molecular complexity index is 195. The van der Waals surface area contributed by atoms with Crippen LogP contribution in [0.15, 0.2) is 0 Å². The zero-order valence-corrected chi connectivity index (χ0v) is 10.8. The van der Waals surface area contributed by atoms with Crippen molar-refractivity contribution in [3.8, 4) is 0 Å². The Morgan fingerprint density at radius 1 is 1.44 bits per heavy atom. The Kier molecular flexibility index (Phi) is 7.34. The largest absolute Gasteiger partial charge is 0.396 e. The number of amides is 1. The maximum absolute atomic E-state index is 12.1. The van der Waals surface area contributed by atoms with Crippen LogP contribution in [-0.4, -0.2) is 30.2 Å². The molecule has 0 bridgehead atoms. The molecule has 1 unspecified atom stereocenters. The quantitative estimate of drug-likeness (QED) is 0.583. The monoisotopic (exact) mass is 230 g/mol. The third-order valence-corrected chi connectivity index (χ3v) is 3.40. The van der Waals surface area contributed by atoms with Crippen molar-refractivity contribution in [3.05, 3.63) is 0 Å². The van der Waals surface area contributed by atoms with Crippen molar-refractivity contribution in [2.45, 2.75) is 52.5 Å². The summed E-state index contributed by atoms with van der Waals surface area (Å²) >= 11 is 0. The molecule has 0 spiro atoms. The molecule has 0 aromatic rings. The normalized spacial score (nSPS) is 13.6. The summed E-state index contributed by atoms with van der Waals surface area (Å²) in [6.45, 7) is 6.51. The molecule has 0 saturated carbocycles. The van der Waals surface area contributed by atoms with Crippen molar-refractivity contribution in [1.29, 1.82) is 0 Å². The van der Waals surface area contributed by atoms with E-state index in [0.717, 1.165) is 25.7 Å². The van der Waals surface area contributed by atoms with Crippen LogP contribution in [0.1, 0.15) is 46.5 Å². The Labute approximate surface area is 98.6 Å². The Balaban J connectivity index is 4.30. The van der Waals surface area contributed by atoms with Gasteiger partial charge in [-0.2, -0.15) is 0 Å². The van der Waals surface area contributed by atoms with E-state index in [1.54, 1.807) is 0 Å². The van der Waals surface area contributed by atoms with E-state index in [1.807, 2.05) is 20.8 Å². The zero-order chi connectivity index (χ0) is 12.6.